The monoisotopic (exact) mass is 222 g/mol. The van der Waals surface area contributed by atoms with Gasteiger partial charge in [0.1, 0.15) is 5.82 Å². The number of nitrogens with zero attached hydrogens (tertiary/aromatic N) is 1. The molecule has 1 aliphatic heterocycles. The van der Waals surface area contributed by atoms with Crippen molar-refractivity contribution >= 4 is 5.69 Å². The van der Waals surface area contributed by atoms with Crippen LogP contribution in [0.5, 0.6) is 0 Å². The number of benzene rings is 1. The molecule has 1 N–H and O–H groups in total. The summed E-state index contributed by atoms with van der Waals surface area (Å²) in [6.07, 6.45) is 2.34. The van der Waals surface area contributed by atoms with Gasteiger partial charge in [-0.25, -0.2) is 4.39 Å². The van der Waals surface area contributed by atoms with Gasteiger partial charge in [0.2, 0.25) is 0 Å². The van der Waals surface area contributed by atoms with Crippen molar-refractivity contribution in [3.05, 3.63) is 30.1 Å². The van der Waals surface area contributed by atoms with Crippen molar-refractivity contribution < 1.29 is 4.39 Å². The Labute approximate surface area is 96.5 Å². The topological polar surface area (TPSA) is 15.3 Å². The van der Waals surface area contributed by atoms with Gasteiger partial charge in [-0.15, -0.1) is 0 Å². The Hall–Kier alpha value is -1.09. The number of nitrogens with one attached hydrogen (secondary N) is 1. The Morgan fingerprint density at radius 3 is 2.44 bits per heavy atom. The van der Waals surface area contributed by atoms with E-state index in [1.165, 1.54) is 25.0 Å². The van der Waals surface area contributed by atoms with Gasteiger partial charge in [0.15, 0.2) is 0 Å². The van der Waals surface area contributed by atoms with Crippen LogP contribution >= 0.6 is 0 Å². The second-order valence-electron chi connectivity index (χ2n) is 4.30. The summed E-state index contributed by atoms with van der Waals surface area (Å²) in [6, 6.07) is 7.45. The number of rotatable bonds is 3. The normalized spacial score (nSPS) is 17.8. The zero-order valence-corrected chi connectivity index (χ0v) is 9.75. The van der Waals surface area contributed by atoms with Gasteiger partial charge in [0, 0.05) is 24.8 Å². The first-order chi connectivity index (χ1) is 7.79. The molecule has 88 valence electrons. The maximum absolute atomic E-state index is 12.8. The molecule has 0 aliphatic carbocycles. The second-order valence-corrected chi connectivity index (χ2v) is 4.30. The van der Waals surface area contributed by atoms with Gasteiger partial charge >= 0.3 is 0 Å². The van der Waals surface area contributed by atoms with Crippen LogP contribution < -0.4 is 10.2 Å². The van der Waals surface area contributed by atoms with Crippen LogP contribution in [0, 0.1) is 5.82 Å². The van der Waals surface area contributed by atoms with Gasteiger partial charge in [0.25, 0.3) is 0 Å². The molecule has 2 nitrogen and oxygen atoms in total. The maximum Gasteiger partial charge on any atom is 0.123 e. The van der Waals surface area contributed by atoms with Crippen molar-refractivity contribution in [2.75, 3.05) is 24.5 Å². The highest BCUT2D eigenvalue weighted by Gasteiger charge is 2.18. The molecule has 1 fully saturated rings. The number of halogens is 1. The number of piperidine rings is 1. The molecular weight excluding hydrogens is 203 g/mol. The minimum absolute atomic E-state index is 0.161. The summed E-state index contributed by atoms with van der Waals surface area (Å²) in [5.41, 5.74) is 1.14. The molecule has 2 rings (SSSR count). The van der Waals surface area contributed by atoms with E-state index in [0.717, 1.165) is 25.3 Å². The highest BCUT2D eigenvalue weighted by molar-refractivity contribution is 5.46. The highest BCUT2D eigenvalue weighted by atomic mass is 19.1. The first kappa shape index (κ1) is 11.4. The van der Waals surface area contributed by atoms with Crippen molar-refractivity contribution in [3.8, 4) is 0 Å². The van der Waals surface area contributed by atoms with E-state index in [4.69, 9.17) is 0 Å². The lowest BCUT2D eigenvalue weighted by Crippen LogP contribution is -2.42. The van der Waals surface area contributed by atoms with E-state index in [-0.39, 0.29) is 5.82 Å². The molecule has 0 unspecified atom stereocenters. The number of anilines is 1. The Morgan fingerprint density at radius 2 is 1.88 bits per heavy atom. The SMILES string of the molecule is CCNC1CCN(c2ccc(F)cc2)CC1. The second kappa shape index (κ2) is 5.30. The minimum atomic E-state index is -0.161. The van der Waals surface area contributed by atoms with E-state index in [1.807, 2.05) is 12.1 Å². The van der Waals surface area contributed by atoms with Crippen LogP contribution in [0.4, 0.5) is 10.1 Å². The lowest BCUT2D eigenvalue weighted by molar-refractivity contribution is 0.424. The summed E-state index contributed by atoms with van der Waals surface area (Å²) >= 11 is 0. The Kier molecular flexibility index (Phi) is 3.78. The minimum Gasteiger partial charge on any atom is -0.371 e. The fraction of sp³-hybridized carbons (Fsp3) is 0.538. The molecule has 1 saturated heterocycles. The summed E-state index contributed by atoms with van der Waals surface area (Å²) in [5.74, 6) is -0.161. The maximum atomic E-state index is 12.8. The number of hydrogen-bond acceptors (Lipinski definition) is 2. The summed E-state index contributed by atoms with van der Waals surface area (Å²) in [5, 5.41) is 3.48. The van der Waals surface area contributed by atoms with E-state index in [1.54, 1.807) is 0 Å². The predicted octanol–water partition coefficient (Wildman–Crippen LogP) is 2.40. The van der Waals surface area contributed by atoms with Crippen LogP contribution in [0.15, 0.2) is 24.3 Å². The van der Waals surface area contributed by atoms with Crippen molar-refractivity contribution in [3.63, 3.8) is 0 Å². The molecule has 1 aromatic rings. The van der Waals surface area contributed by atoms with Crippen LogP contribution in [0.1, 0.15) is 19.8 Å². The van der Waals surface area contributed by atoms with Gasteiger partial charge in [-0.3, -0.25) is 0 Å². The molecule has 3 heteroatoms. The average molecular weight is 222 g/mol. The lowest BCUT2D eigenvalue weighted by atomic mass is 10.0. The molecule has 0 atom stereocenters. The Morgan fingerprint density at radius 1 is 1.25 bits per heavy atom. The third kappa shape index (κ3) is 2.73. The molecule has 0 amide bonds. The molecule has 1 heterocycles. The smallest absolute Gasteiger partial charge is 0.123 e. The first-order valence-electron chi connectivity index (χ1n) is 6.03. The fourth-order valence-corrected chi connectivity index (χ4v) is 2.28. The summed E-state index contributed by atoms with van der Waals surface area (Å²) in [7, 11) is 0. The molecular formula is C13H19FN2. The van der Waals surface area contributed by atoms with Gasteiger partial charge in [-0.2, -0.15) is 0 Å². The molecule has 0 radical (unpaired) electrons. The van der Waals surface area contributed by atoms with Gasteiger partial charge < -0.3 is 10.2 Å². The Balaban J connectivity index is 1.91. The summed E-state index contributed by atoms with van der Waals surface area (Å²) in [4.78, 5) is 2.33. The molecule has 0 spiro atoms. The van der Waals surface area contributed by atoms with E-state index in [2.05, 4.69) is 17.1 Å². The van der Waals surface area contributed by atoms with E-state index in [0.29, 0.717) is 6.04 Å². The van der Waals surface area contributed by atoms with E-state index >= 15 is 0 Å². The fourth-order valence-electron chi connectivity index (χ4n) is 2.28. The van der Waals surface area contributed by atoms with Crippen molar-refractivity contribution in [2.24, 2.45) is 0 Å². The third-order valence-electron chi connectivity index (χ3n) is 3.18. The van der Waals surface area contributed by atoms with Crippen molar-refractivity contribution in [1.29, 1.82) is 0 Å². The quantitative estimate of drug-likeness (QED) is 0.845. The Bertz CT molecular complexity index is 315. The van der Waals surface area contributed by atoms with Gasteiger partial charge in [0.05, 0.1) is 0 Å². The van der Waals surface area contributed by atoms with E-state index in [9.17, 15) is 4.39 Å². The third-order valence-corrected chi connectivity index (χ3v) is 3.18. The molecule has 0 bridgehead atoms. The van der Waals surface area contributed by atoms with Crippen LogP contribution in [-0.2, 0) is 0 Å². The average Bonchev–Trinajstić information content (AvgIpc) is 2.32. The van der Waals surface area contributed by atoms with Crippen LogP contribution in [-0.4, -0.2) is 25.7 Å². The zero-order chi connectivity index (χ0) is 11.4. The summed E-state index contributed by atoms with van der Waals surface area (Å²) < 4.78 is 12.8. The van der Waals surface area contributed by atoms with Gasteiger partial charge in [-0.05, 0) is 43.7 Å². The summed E-state index contributed by atoms with van der Waals surface area (Å²) in [6.45, 7) is 5.31. The highest BCUT2D eigenvalue weighted by Crippen LogP contribution is 2.20. The molecule has 0 saturated carbocycles. The zero-order valence-electron chi connectivity index (χ0n) is 9.75. The predicted molar refractivity (Wildman–Crippen MR) is 65.3 cm³/mol. The van der Waals surface area contributed by atoms with Crippen molar-refractivity contribution in [1.82, 2.24) is 5.32 Å². The van der Waals surface area contributed by atoms with Crippen LogP contribution in [0.3, 0.4) is 0 Å². The molecule has 16 heavy (non-hydrogen) atoms. The van der Waals surface area contributed by atoms with Crippen LogP contribution in [0.2, 0.25) is 0 Å². The standard InChI is InChI=1S/C13H19FN2/c1-2-15-12-7-9-16(10-8-12)13-5-3-11(14)4-6-13/h3-6,12,15H,2,7-10H2,1H3. The van der Waals surface area contributed by atoms with Gasteiger partial charge in [-0.1, -0.05) is 6.92 Å². The molecule has 0 aromatic heterocycles. The van der Waals surface area contributed by atoms with E-state index < -0.39 is 0 Å². The van der Waals surface area contributed by atoms with Crippen LogP contribution in [0.25, 0.3) is 0 Å². The largest absolute Gasteiger partial charge is 0.371 e. The first-order valence-corrected chi connectivity index (χ1v) is 6.03. The number of hydrogen-bond donors (Lipinski definition) is 1. The van der Waals surface area contributed by atoms with Crippen molar-refractivity contribution in [2.45, 2.75) is 25.8 Å². The molecule has 1 aromatic carbocycles. The molecule has 1 aliphatic rings. The lowest BCUT2D eigenvalue weighted by Gasteiger charge is -2.33.